The van der Waals surface area contributed by atoms with Crippen LogP contribution in [0.25, 0.3) is 55.6 Å². The first-order valence-electron chi connectivity index (χ1n) is 12.4. The van der Waals surface area contributed by atoms with Gasteiger partial charge in [-0.1, -0.05) is 32.6 Å². The number of hydrogen-bond donors (Lipinski definition) is 3. The fourth-order valence-electron chi connectivity index (χ4n) is 4.75. The molecule has 38 heavy (non-hydrogen) atoms. The van der Waals surface area contributed by atoms with Crippen molar-refractivity contribution in [1.82, 2.24) is 30.1 Å². The molecule has 0 aliphatic rings. The molecule has 0 aliphatic carbocycles. The molecule has 0 bridgehead atoms. The number of halogens is 1. The number of fused-ring (bicyclic) bond motifs is 2. The standard InChI is InChI=1S/C30H26FN7/c1-17(2)7-18(3)35-23-9-20(12-32-14-23)21-10-25-29(37-38-30(25)34-13-21)27-11-24-26(15-33-16-28(24)36-27)19-5-4-6-22(31)8-19/h4-6,8-17,35-36H,3,7H2,1-2H3,(H,34,37,38). The topological polar surface area (TPSA) is 95.2 Å². The molecule has 0 saturated carbocycles. The minimum absolute atomic E-state index is 0.286. The van der Waals surface area contributed by atoms with Crippen LogP contribution in [-0.4, -0.2) is 30.1 Å². The number of aromatic amines is 2. The van der Waals surface area contributed by atoms with E-state index in [1.165, 1.54) is 12.1 Å². The summed E-state index contributed by atoms with van der Waals surface area (Å²) in [4.78, 5) is 16.8. The molecule has 0 amide bonds. The molecular weight excluding hydrogens is 477 g/mol. The lowest BCUT2D eigenvalue weighted by Gasteiger charge is -2.12. The molecule has 0 saturated heterocycles. The summed E-state index contributed by atoms with van der Waals surface area (Å²) in [6.45, 7) is 8.46. The monoisotopic (exact) mass is 503 g/mol. The Bertz CT molecular complexity index is 1800. The van der Waals surface area contributed by atoms with E-state index in [0.29, 0.717) is 11.6 Å². The molecule has 0 radical (unpaired) electrons. The van der Waals surface area contributed by atoms with Gasteiger partial charge in [0.2, 0.25) is 0 Å². The second-order valence-corrected chi connectivity index (χ2v) is 9.82. The molecule has 6 aromatic rings. The first-order valence-corrected chi connectivity index (χ1v) is 12.4. The van der Waals surface area contributed by atoms with Gasteiger partial charge in [-0.25, -0.2) is 9.37 Å². The maximum Gasteiger partial charge on any atom is 0.181 e. The molecule has 0 unspecified atom stereocenters. The predicted octanol–water partition coefficient (Wildman–Crippen LogP) is 7.34. The molecule has 7 nitrogen and oxygen atoms in total. The average Bonchev–Trinajstić information content (AvgIpc) is 3.52. The largest absolute Gasteiger partial charge is 0.358 e. The van der Waals surface area contributed by atoms with Crippen LogP contribution in [0.4, 0.5) is 10.1 Å². The third kappa shape index (κ3) is 4.52. The Labute approximate surface area is 218 Å². The van der Waals surface area contributed by atoms with Crippen molar-refractivity contribution in [1.29, 1.82) is 0 Å². The highest BCUT2D eigenvalue weighted by Gasteiger charge is 2.15. The molecule has 0 aliphatic heterocycles. The highest BCUT2D eigenvalue weighted by molar-refractivity contribution is 6.00. The maximum absolute atomic E-state index is 13.9. The van der Waals surface area contributed by atoms with Gasteiger partial charge in [-0.15, -0.1) is 0 Å². The zero-order valence-electron chi connectivity index (χ0n) is 21.1. The average molecular weight is 504 g/mol. The van der Waals surface area contributed by atoms with Gasteiger partial charge in [-0.2, -0.15) is 5.10 Å². The van der Waals surface area contributed by atoms with Crippen molar-refractivity contribution in [3.8, 4) is 33.6 Å². The van der Waals surface area contributed by atoms with Crippen LogP contribution in [0.3, 0.4) is 0 Å². The van der Waals surface area contributed by atoms with Crippen molar-refractivity contribution in [2.24, 2.45) is 5.92 Å². The zero-order chi connectivity index (χ0) is 26.2. The van der Waals surface area contributed by atoms with Gasteiger partial charge in [0.05, 0.1) is 35.0 Å². The van der Waals surface area contributed by atoms with Crippen LogP contribution in [0.5, 0.6) is 0 Å². The Balaban J connectivity index is 1.38. The van der Waals surface area contributed by atoms with E-state index in [2.05, 4.69) is 61.9 Å². The van der Waals surface area contributed by atoms with Crippen molar-refractivity contribution in [2.75, 3.05) is 5.32 Å². The van der Waals surface area contributed by atoms with Crippen molar-refractivity contribution < 1.29 is 4.39 Å². The Morgan fingerprint density at radius 3 is 2.63 bits per heavy atom. The molecule has 8 heteroatoms. The summed E-state index contributed by atoms with van der Waals surface area (Å²) in [5.41, 5.74) is 8.41. The highest BCUT2D eigenvalue weighted by atomic mass is 19.1. The molecule has 0 spiro atoms. The minimum Gasteiger partial charge on any atom is -0.358 e. The van der Waals surface area contributed by atoms with E-state index in [1.807, 2.05) is 24.4 Å². The number of H-pyrrole nitrogens is 2. The summed E-state index contributed by atoms with van der Waals surface area (Å²) in [7, 11) is 0. The van der Waals surface area contributed by atoms with E-state index in [9.17, 15) is 4.39 Å². The Morgan fingerprint density at radius 2 is 1.79 bits per heavy atom. The third-order valence-electron chi connectivity index (χ3n) is 6.41. The molecule has 6 rings (SSSR count). The van der Waals surface area contributed by atoms with E-state index in [0.717, 1.165) is 67.7 Å². The van der Waals surface area contributed by atoms with Gasteiger partial charge in [0.1, 0.15) is 5.82 Å². The van der Waals surface area contributed by atoms with Gasteiger partial charge in [0.25, 0.3) is 0 Å². The minimum atomic E-state index is -0.286. The first-order chi connectivity index (χ1) is 18.4. The van der Waals surface area contributed by atoms with E-state index in [1.54, 1.807) is 30.9 Å². The predicted molar refractivity (Wildman–Crippen MR) is 150 cm³/mol. The second kappa shape index (κ2) is 9.55. The summed E-state index contributed by atoms with van der Waals surface area (Å²) in [6, 6.07) is 12.7. The number of nitrogens with one attached hydrogen (secondary N) is 3. The summed E-state index contributed by atoms with van der Waals surface area (Å²) in [6.07, 6.45) is 9.81. The smallest absolute Gasteiger partial charge is 0.181 e. The van der Waals surface area contributed by atoms with Crippen molar-refractivity contribution in [3.63, 3.8) is 0 Å². The molecule has 0 fully saturated rings. The second-order valence-electron chi connectivity index (χ2n) is 9.82. The number of hydrogen-bond acceptors (Lipinski definition) is 5. The van der Waals surface area contributed by atoms with Gasteiger partial charge >= 0.3 is 0 Å². The summed E-state index contributed by atoms with van der Waals surface area (Å²) >= 11 is 0. The van der Waals surface area contributed by atoms with Crippen LogP contribution in [0, 0.1) is 11.7 Å². The summed E-state index contributed by atoms with van der Waals surface area (Å²) in [5.74, 6) is 0.231. The molecule has 5 heterocycles. The quantitative estimate of drug-likeness (QED) is 0.212. The molecule has 0 atom stereocenters. The number of aromatic nitrogens is 6. The fourth-order valence-corrected chi connectivity index (χ4v) is 4.75. The van der Waals surface area contributed by atoms with E-state index in [-0.39, 0.29) is 5.82 Å². The maximum atomic E-state index is 13.9. The van der Waals surface area contributed by atoms with E-state index < -0.39 is 0 Å². The van der Waals surface area contributed by atoms with E-state index in [4.69, 9.17) is 0 Å². The number of anilines is 1. The molecular formula is C30H26FN7. The van der Waals surface area contributed by atoms with Gasteiger partial charge < -0.3 is 10.3 Å². The number of pyridine rings is 3. The lowest BCUT2D eigenvalue weighted by atomic mass is 10.0. The lowest BCUT2D eigenvalue weighted by molar-refractivity contribution is 0.628. The van der Waals surface area contributed by atoms with Crippen molar-refractivity contribution >= 4 is 27.6 Å². The first kappa shape index (κ1) is 23.5. The Kier molecular flexibility index (Phi) is 5.92. The molecule has 5 aromatic heterocycles. The molecule has 188 valence electrons. The number of nitrogens with zero attached hydrogens (tertiary/aromatic N) is 4. The van der Waals surface area contributed by atoms with Crippen LogP contribution in [-0.2, 0) is 0 Å². The van der Waals surface area contributed by atoms with Gasteiger partial charge in [0.15, 0.2) is 5.65 Å². The summed E-state index contributed by atoms with van der Waals surface area (Å²) in [5, 5.41) is 12.7. The van der Waals surface area contributed by atoms with Crippen LogP contribution < -0.4 is 5.32 Å². The van der Waals surface area contributed by atoms with Crippen LogP contribution >= 0.6 is 0 Å². The highest BCUT2D eigenvalue weighted by Crippen LogP contribution is 2.34. The molecule has 1 aromatic carbocycles. The van der Waals surface area contributed by atoms with Crippen molar-refractivity contribution in [3.05, 3.63) is 91.5 Å². The Hall–Kier alpha value is -4.85. The SMILES string of the molecule is C=C(CC(C)C)Nc1cncc(-c2cnc3n[nH]c(-c4cc5c(-c6cccc(F)c6)cncc5[nH]4)c3c2)c1. The molecule has 3 N–H and O–H groups in total. The third-order valence-corrected chi connectivity index (χ3v) is 6.41. The van der Waals surface area contributed by atoms with Crippen molar-refractivity contribution in [2.45, 2.75) is 20.3 Å². The lowest BCUT2D eigenvalue weighted by Crippen LogP contribution is -2.02. The van der Waals surface area contributed by atoms with Gasteiger partial charge in [-0.3, -0.25) is 15.1 Å². The zero-order valence-corrected chi connectivity index (χ0v) is 21.1. The van der Waals surface area contributed by atoms with Crippen LogP contribution in [0.2, 0.25) is 0 Å². The number of allylic oxidation sites excluding steroid dienone is 1. The fraction of sp³-hybridized carbons (Fsp3) is 0.133. The Morgan fingerprint density at radius 1 is 0.947 bits per heavy atom. The van der Waals surface area contributed by atoms with Gasteiger partial charge in [0, 0.05) is 51.8 Å². The normalized spacial score (nSPS) is 11.5. The summed E-state index contributed by atoms with van der Waals surface area (Å²) < 4.78 is 13.9. The van der Waals surface area contributed by atoms with Gasteiger partial charge in [-0.05, 0) is 48.2 Å². The van der Waals surface area contributed by atoms with Crippen LogP contribution in [0.15, 0.2) is 85.7 Å². The number of benzene rings is 1. The van der Waals surface area contributed by atoms with E-state index >= 15 is 0 Å². The van der Waals surface area contributed by atoms with Crippen LogP contribution in [0.1, 0.15) is 20.3 Å². The number of rotatable bonds is 7.